The van der Waals surface area contributed by atoms with Gasteiger partial charge in [0.05, 0.1) is 20.6 Å². The SMILES string of the molecule is Nc1nc2c(O)c(Nc3nc4ccc(O)cc4s3)ccc2s1. The molecule has 0 unspecified atom stereocenters. The van der Waals surface area contributed by atoms with Crippen molar-refractivity contribution in [1.82, 2.24) is 9.97 Å². The van der Waals surface area contributed by atoms with Gasteiger partial charge in [0.25, 0.3) is 0 Å². The Hall–Kier alpha value is -2.58. The van der Waals surface area contributed by atoms with Gasteiger partial charge in [-0.3, -0.25) is 0 Å². The molecule has 2 heterocycles. The molecule has 0 spiro atoms. The molecule has 2 aromatic heterocycles. The van der Waals surface area contributed by atoms with Gasteiger partial charge in [-0.1, -0.05) is 22.7 Å². The number of phenolic OH excluding ortho intramolecular Hbond substituents is 2. The zero-order valence-corrected chi connectivity index (χ0v) is 12.7. The van der Waals surface area contributed by atoms with Crippen molar-refractivity contribution in [2.75, 3.05) is 11.1 Å². The molecule has 0 radical (unpaired) electrons. The third-order valence-corrected chi connectivity index (χ3v) is 4.95. The maximum atomic E-state index is 10.3. The highest BCUT2D eigenvalue weighted by molar-refractivity contribution is 7.22. The minimum absolute atomic E-state index is 0.0487. The molecule has 0 saturated heterocycles. The van der Waals surface area contributed by atoms with E-state index in [0.29, 0.717) is 21.5 Å². The van der Waals surface area contributed by atoms with Gasteiger partial charge in [0, 0.05) is 0 Å². The summed E-state index contributed by atoms with van der Waals surface area (Å²) in [6, 6.07) is 8.61. The Morgan fingerprint density at radius 1 is 1.00 bits per heavy atom. The van der Waals surface area contributed by atoms with Crippen molar-refractivity contribution in [3.05, 3.63) is 30.3 Å². The highest BCUT2D eigenvalue weighted by atomic mass is 32.1. The molecular formula is C14H10N4O2S2. The number of hydrogen-bond acceptors (Lipinski definition) is 8. The lowest BCUT2D eigenvalue weighted by molar-refractivity contribution is 0.476. The largest absolute Gasteiger partial charge is 0.508 e. The minimum atomic E-state index is 0.0487. The lowest BCUT2D eigenvalue weighted by Gasteiger charge is -2.05. The molecule has 4 rings (SSSR count). The second-order valence-corrected chi connectivity index (χ2v) is 6.75. The van der Waals surface area contributed by atoms with Crippen LogP contribution in [0, 0.1) is 0 Å². The summed E-state index contributed by atoms with van der Waals surface area (Å²) in [6.45, 7) is 0. The summed E-state index contributed by atoms with van der Waals surface area (Å²) in [6.07, 6.45) is 0. The van der Waals surface area contributed by atoms with Gasteiger partial charge in [0.15, 0.2) is 16.0 Å². The number of hydrogen-bond donors (Lipinski definition) is 4. The number of rotatable bonds is 2. The first-order valence-corrected chi connectivity index (χ1v) is 7.98. The van der Waals surface area contributed by atoms with Crippen LogP contribution < -0.4 is 11.1 Å². The molecule has 0 fully saturated rings. The number of nitrogen functional groups attached to an aromatic ring is 1. The van der Waals surface area contributed by atoms with Crippen LogP contribution >= 0.6 is 22.7 Å². The van der Waals surface area contributed by atoms with Crippen LogP contribution in [0.2, 0.25) is 0 Å². The fourth-order valence-electron chi connectivity index (χ4n) is 2.18. The minimum Gasteiger partial charge on any atom is -0.508 e. The van der Waals surface area contributed by atoms with Gasteiger partial charge in [-0.25, -0.2) is 9.97 Å². The zero-order chi connectivity index (χ0) is 15.3. The number of fused-ring (bicyclic) bond motifs is 2. The van der Waals surface area contributed by atoms with E-state index >= 15 is 0 Å². The highest BCUT2D eigenvalue weighted by Gasteiger charge is 2.12. The van der Waals surface area contributed by atoms with E-state index in [2.05, 4.69) is 15.3 Å². The van der Waals surface area contributed by atoms with Crippen LogP contribution in [-0.2, 0) is 0 Å². The number of anilines is 3. The summed E-state index contributed by atoms with van der Waals surface area (Å²) in [4.78, 5) is 8.54. The molecule has 8 heteroatoms. The van der Waals surface area contributed by atoms with Crippen LogP contribution in [0.3, 0.4) is 0 Å². The predicted molar refractivity (Wildman–Crippen MR) is 90.3 cm³/mol. The topological polar surface area (TPSA) is 104 Å². The molecule has 5 N–H and O–H groups in total. The lowest BCUT2D eigenvalue weighted by atomic mass is 10.2. The average molecular weight is 330 g/mol. The van der Waals surface area contributed by atoms with Crippen LogP contribution in [0.1, 0.15) is 0 Å². The molecule has 110 valence electrons. The molecule has 0 aliphatic carbocycles. The molecule has 0 aliphatic heterocycles. The first-order chi connectivity index (χ1) is 10.6. The monoisotopic (exact) mass is 330 g/mol. The van der Waals surface area contributed by atoms with Gasteiger partial charge in [-0.05, 0) is 30.3 Å². The fraction of sp³-hybridized carbons (Fsp3) is 0. The predicted octanol–water partition coefficient (Wildman–Crippen LogP) is 3.64. The Balaban J connectivity index is 1.76. The Bertz CT molecular complexity index is 1010. The van der Waals surface area contributed by atoms with Gasteiger partial charge in [0.1, 0.15) is 11.3 Å². The van der Waals surface area contributed by atoms with E-state index in [1.54, 1.807) is 24.3 Å². The van der Waals surface area contributed by atoms with Crippen molar-refractivity contribution in [2.24, 2.45) is 0 Å². The first kappa shape index (κ1) is 13.1. The maximum absolute atomic E-state index is 10.3. The van der Waals surface area contributed by atoms with Gasteiger partial charge >= 0.3 is 0 Å². The summed E-state index contributed by atoms with van der Waals surface area (Å²) < 4.78 is 1.69. The van der Waals surface area contributed by atoms with Gasteiger partial charge in [0.2, 0.25) is 0 Å². The number of nitrogens with zero attached hydrogens (tertiary/aromatic N) is 2. The second-order valence-electron chi connectivity index (χ2n) is 4.66. The summed E-state index contributed by atoms with van der Waals surface area (Å²) >= 11 is 2.71. The van der Waals surface area contributed by atoms with Crippen molar-refractivity contribution >= 4 is 59.1 Å². The summed E-state index contributed by atoms with van der Waals surface area (Å²) in [5.41, 5.74) is 7.44. The van der Waals surface area contributed by atoms with E-state index in [-0.39, 0.29) is 11.5 Å². The fourth-order valence-corrected chi connectivity index (χ4v) is 3.83. The molecule has 6 nitrogen and oxygen atoms in total. The van der Waals surface area contributed by atoms with E-state index in [1.165, 1.54) is 22.7 Å². The smallest absolute Gasteiger partial charge is 0.188 e. The van der Waals surface area contributed by atoms with Crippen molar-refractivity contribution in [2.45, 2.75) is 0 Å². The van der Waals surface area contributed by atoms with E-state index in [0.717, 1.165) is 14.9 Å². The van der Waals surface area contributed by atoms with E-state index in [9.17, 15) is 10.2 Å². The number of thiazole rings is 2. The third-order valence-electron chi connectivity index (χ3n) is 3.16. The molecule has 0 bridgehead atoms. The van der Waals surface area contributed by atoms with E-state index in [4.69, 9.17) is 5.73 Å². The average Bonchev–Trinajstić information content (AvgIpc) is 3.04. The Morgan fingerprint density at radius 2 is 1.86 bits per heavy atom. The van der Waals surface area contributed by atoms with E-state index in [1.807, 2.05) is 6.07 Å². The quantitative estimate of drug-likeness (QED) is 0.418. The molecule has 22 heavy (non-hydrogen) atoms. The van der Waals surface area contributed by atoms with Crippen LogP contribution in [0.4, 0.5) is 16.0 Å². The molecular weight excluding hydrogens is 320 g/mol. The van der Waals surface area contributed by atoms with Crippen molar-refractivity contribution in [1.29, 1.82) is 0 Å². The number of aromatic nitrogens is 2. The van der Waals surface area contributed by atoms with E-state index < -0.39 is 0 Å². The Kier molecular flexibility index (Phi) is 2.81. The van der Waals surface area contributed by atoms with Gasteiger partial charge in [-0.15, -0.1) is 0 Å². The van der Waals surface area contributed by atoms with Crippen LogP contribution in [0.5, 0.6) is 11.5 Å². The Labute approximate surface area is 132 Å². The maximum Gasteiger partial charge on any atom is 0.188 e. The van der Waals surface area contributed by atoms with Crippen molar-refractivity contribution < 1.29 is 10.2 Å². The first-order valence-electron chi connectivity index (χ1n) is 6.35. The number of phenols is 2. The van der Waals surface area contributed by atoms with Crippen molar-refractivity contribution in [3.63, 3.8) is 0 Å². The molecule has 0 atom stereocenters. The second kappa shape index (κ2) is 4.72. The third kappa shape index (κ3) is 2.09. The summed E-state index contributed by atoms with van der Waals surface area (Å²) in [5.74, 6) is 0.248. The Morgan fingerprint density at radius 3 is 2.73 bits per heavy atom. The number of aromatic hydroxyl groups is 2. The van der Waals surface area contributed by atoms with Crippen LogP contribution in [0.15, 0.2) is 30.3 Å². The number of benzene rings is 2. The van der Waals surface area contributed by atoms with Gasteiger partial charge in [-0.2, -0.15) is 0 Å². The van der Waals surface area contributed by atoms with Crippen LogP contribution in [0.25, 0.3) is 20.4 Å². The standard InChI is InChI=1S/C14H10N4O2S2/c15-13-18-11-9(21-13)4-3-8(12(11)20)17-14-16-7-2-1-6(19)5-10(7)22-14/h1-5,19-20H,(H2,15,18)(H,16,17). The summed E-state index contributed by atoms with van der Waals surface area (Å²) in [7, 11) is 0. The molecule has 4 aromatic rings. The molecule has 0 aliphatic rings. The van der Waals surface area contributed by atoms with Gasteiger partial charge < -0.3 is 21.3 Å². The molecule has 0 saturated carbocycles. The highest BCUT2D eigenvalue weighted by Crippen LogP contribution is 2.38. The normalized spacial score (nSPS) is 11.3. The zero-order valence-electron chi connectivity index (χ0n) is 11.1. The lowest BCUT2D eigenvalue weighted by Crippen LogP contribution is -1.90. The number of nitrogens with two attached hydrogens (primary N) is 1. The molecule has 0 amide bonds. The van der Waals surface area contributed by atoms with Crippen LogP contribution in [-0.4, -0.2) is 20.2 Å². The molecule has 2 aromatic carbocycles. The summed E-state index contributed by atoms with van der Waals surface area (Å²) in [5, 5.41) is 23.9. The number of nitrogens with one attached hydrogen (secondary N) is 1. The van der Waals surface area contributed by atoms with Crippen molar-refractivity contribution in [3.8, 4) is 11.5 Å².